The molecule has 0 bridgehead atoms. The molecule has 5 rings (SSSR count). The number of likely N-dealkylation sites (N-methyl/N-ethyl adjacent to an activating group) is 1. The highest BCUT2D eigenvalue weighted by Crippen LogP contribution is 2.52. The maximum atomic E-state index is 13.7. The average molecular weight is 555 g/mol. The fraction of sp³-hybridized carbons (Fsp3) is 0.346. The number of nitrogens with two attached hydrogens (primary N) is 1. The van der Waals surface area contributed by atoms with Crippen LogP contribution in [0.2, 0.25) is 0 Å². The average Bonchev–Trinajstić information content (AvgIpc) is 3.40. The van der Waals surface area contributed by atoms with Crippen LogP contribution in [0.1, 0.15) is 38.3 Å². The van der Waals surface area contributed by atoms with Crippen molar-refractivity contribution in [1.82, 2.24) is 14.6 Å². The number of rotatable bonds is 5. The Morgan fingerprint density at radius 2 is 1.95 bits per heavy atom. The van der Waals surface area contributed by atoms with Crippen molar-refractivity contribution in [2.24, 2.45) is 17.6 Å². The molecule has 12 nitrogen and oxygen atoms in total. The molecule has 0 radical (unpaired) electrons. The van der Waals surface area contributed by atoms with Crippen LogP contribution in [0.15, 0.2) is 46.4 Å². The van der Waals surface area contributed by atoms with Crippen LogP contribution in [0.3, 0.4) is 0 Å². The monoisotopic (exact) mass is 554 g/mol. The number of aliphatic hydroxyl groups excluding tert-OH is 2. The number of hydrogen-bond acceptors (Lipinski definition) is 11. The summed E-state index contributed by atoms with van der Waals surface area (Å²) in [4.78, 5) is 53.0. The molecule has 3 aliphatic rings. The first-order valence-electron chi connectivity index (χ1n) is 12.1. The summed E-state index contributed by atoms with van der Waals surface area (Å²) in [6.07, 6.45) is 1.54. The number of carbonyl (C=O) groups excluding carboxylic acids is 4. The van der Waals surface area contributed by atoms with Gasteiger partial charge in [-0.3, -0.25) is 24.1 Å². The van der Waals surface area contributed by atoms with E-state index in [0.717, 1.165) is 11.5 Å². The molecule has 13 heteroatoms. The lowest BCUT2D eigenvalue weighted by Crippen LogP contribution is -2.63. The molecular formula is C26H26N4O8S. The maximum Gasteiger partial charge on any atom is 0.255 e. The van der Waals surface area contributed by atoms with Crippen LogP contribution < -0.4 is 11.1 Å². The second kappa shape index (κ2) is 9.29. The Hall–Kier alpha value is -4.07. The number of nitrogens with zero attached hydrogens (tertiary/aromatic N) is 2. The van der Waals surface area contributed by atoms with Crippen molar-refractivity contribution >= 4 is 34.9 Å². The second-order valence-electron chi connectivity index (χ2n) is 10.2. The van der Waals surface area contributed by atoms with Crippen molar-refractivity contribution in [3.63, 3.8) is 0 Å². The molecule has 2 aromatic rings. The summed E-state index contributed by atoms with van der Waals surface area (Å²) in [5.41, 5.74) is 2.84. The van der Waals surface area contributed by atoms with Crippen LogP contribution in [0.5, 0.6) is 5.75 Å². The number of carbonyl (C=O) groups is 4. The van der Waals surface area contributed by atoms with E-state index in [9.17, 15) is 39.6 Å². The first kappa shape index (κ1) is 26.5. The van der Waals surface area contributed by atoms with Crippen LogP contribution in [-0.2, 0) is 22.6 Å². The van der Waals surface area contributed by atoms with E-state index in [1.807, 2.05) is 0 Å². The summed E-state index contributed by atoms with van der Waals surface area (Å²) < 4.78 is 3.90. The predicted molar refractivity (Wildman–Crippen MR) is 137 cm³/mol. The Kier molecular flexibility index (Phi) is 6.32. The standard InChI is InChI=1S/C26H26N4O8S/c1-30(2)19-14-6-11-5-13-10(7-28-25(37)12-8-29-39-9-12)3-4-15(31)17(13)20(32)16(11)22(34)26(14,38)23(35)18(21(19)33)24(27)36/h3-4,8-9,11,14,19,31,33-34,38H,5-7H2,1-2H3,(H2,27,36)(H,28,37). The second-order valence-corrected chi connectivity index (χ2v) is 10.8. The van der Waals surface area contributed by atoms with E-state index >= 15 is 0 Å². The molecule has 4 unspecified atom stereocenters. The summed E-state index contributed by atoms with van der Waals surface area (Å²) in [6.45, 7) is 0.0417. The number of amides is 2. The third-order valence-electron chi connectivity index (χ3n) is 7.84. The summed E-state index contributed by atoms with van der Waals surface area (Å²) in [5, 5.41) is 48.8. The van der Waals surface area contributed by atoms with Crippen LogP contribution in [0.4, 0.5) is 0 Å². The van der Waals surface area contributed by atoms with E-state index in [1.54, 1.807) is 25.5 Å². The quantitative estimate of drug-likeness (QED) is 0.283. The van der Waals surface area contributed by atoms with Gasteiger partial charge in [-0.15, -0.1) is 0 Å². The zero-order valence-corrected chi connectivity index (χ0v) is 21.8. The van der Waals surface area contributed by atoms with E-state index in [-0.39, 0.29) is 42.2 Å². The van der Waals surface area contributed by atoms with Gasteiger partial charge >= 0.3 is 0 Å². The van der Waals surface area contributed by atoms with Gasteiger partial charge < -0.3 is 31.5 Å². The highest BCUT2D eigenvalue weighted by atomic mass is 32.1. The number of benzene rings is 1. The van der Waals surface area contributed by atoms with E-state index < -0.39 is 58.0 Å². The summed E-state index contributed by atoms with van der Waals surface area (Å²) >= 11 is 1.13. The highest BCUT2D eigenvalue weighted by Gasteiger charge is 2.63. The highest BCUT2D eigenvalue weighted by molar-refractivity contribution is 7.03. The van der Waals surface area contributed by atoms with Crippen molar-refractivity contribution in [3.8, 4) is 5.75 Å². The number of allylic oxidation sites excluding steroid dienone is 1. The SMILES string of the molecule is CN(C)C1C(O)=C(C(N)=O)C(=O)C2(O)C(O)=C3C(=O)c4c(O)ccc(CNC(=O)c5cnsc5)c4CC3CC12. The van der Waals surface area contributed by atoms with Crippen LogP contribution in [0.25, 0.3) is 0 Å². The minimum atomic E-state index is -2.69. The number of primary amides is 1. The van der Waals surface area contributed by atoms with Gasteiger partial charge in [0.05, 0.1) is 23.4 Å². The summed E-state index contributed by atoms with van der Waals surface area (Å²) in [5.74, 6) is -7.46. The molecule has 0 spiro atoms. The minimum Gasteiger partial charge on any atom is -0.510 e. The fourth-order valence-corrected chi connectivity index (χ4v) is 6.59. The molecule has 0 saturated carbocycles. The van der Waals surface area contributed by atoms with Gasteiger partial charge in [0.15, 0.2) is 11.4 Å². The molecule has 2 amide bonds. The number of nitrogens with one attached hydrogen (secondary N) is 1. The van der Waals surface area contributed by atoms with Gasteiger partial charge in [0.1, 0.15) is 22.8 Å². The molecule has 3 aliphatic carbocycles. The number of aliphatic hydroxyl groups is 3. The van der Waals surface area contributed by atoms with Gasteiger partial charge in [-0.25, -0.2) is 4.37 Å². The molecule has 1 aromatic carbocycles. The lowest BCUT2D eigenvalue weighted by atomic mass is 9.58. The Morgan fingerprint density at radius 1 is 1.23 bits per heavy atom. The Bertz CT molecular complexity index is 1500. The number of aromatic nitrogens is 1. The van der Waals surface area contributed by atoms with Crippen LogP contribution >= 0.6 is 11.5 Å². The van der Waals surface area contributed by atoms with Gasteiger partial charge in [-0.1, -0.05) is 6.07 Å². The number of ketones is 2. The Balaban J connectivity index is 1.59. The minimum absolute atomic E-state index is 0.0200. The van der Waals surface area contributed by atoms with Crippen molar-refractivity contribution < 1.29 is 39.6 Å². The van der Waals surface area contributed by atoms with Gasteiger partial charge in [0.25, 0.3) is 11.8 Å². The molecule has 0 fully saturated rings. The molecule has 0 aliphatic heterocycles. The number of fused-ring (bicyclic) bond motifs is 3. The predicted octanol–water partition coefficient (Wildman–Crippen LogP) is 0.507. The molecule has 0 saturated heterocycles. The van der Waals surface area contributed by atoms with Crippen LogP contribution in [-0.4, -0.2) is 78.8 Å². The summed E-state index contributed by atoms with van der Waals surface area (Å²) in [6, 6.07) is 1.81. The van der Waals surface area contributed by atoms with Gasteiger partial charge in [0, 0.05) is 23.4 Å². The van der Waals surface area contributed by atoms with E-state index in [0.29, 0.717) is 16.7 Å². The lowest BCUT2D eigenvalue weighted by Gasteiger charge is -2.50. The lowest BCUT2D eigenvalue weighted by molar-refractivity contribution is -0.148. The van der Waals surface area contributed by atoms with Crippen LogP contribution in [0, 0.1) is 11.8 Å². The van der Waals surface area contributed by atoms with E-state index in [1.165, 1.54) is 17.2 Å². The normalized spacial score (nSPS) is 26.3. The zero-order valence-electron chi connectivity index (χ0n) is 21.0. The van der Waals surface area contributed by atoms with E-state index in [4.69, 9.17) is 5.73 Å². The summed E-state index contributed by atoms with van der Waals surface area (Å²) in [7, 11) is 3.13. The van der Waals surface area contributed by atoms with Crippen molar-refractivity contribution in [2.75, 3.05) is 14.1 Å². The third kappa shape index (κ3) is 3.84. The Labute approximate surface area is 226 Å². The molecular weight excluding hydrogens is 528 g/mol. The molecule has 1 heterocycles. The fourth-order valence-electron chi connectivity index (χ4n) is 6.08. The Morgan fingerprint density at radius 3 is 2.56 bits per heavy atom. The molecule has 1 aromatic heterocycles. The van der Waals surface area contributed by atoms with Gasteiger partial charge in [-0.2, -0.15) is 0 Å². The first-order chi connectivity index (χ1) is 18.4. The molecule has 204 valence electrons. The van der Waals surface area contributed by atoms with Crippen molar-refractivity contribution in [1.29, 1.82) is 0 Å². The molecule has 39 heavy (non-hydrogen) atoms. The molecule has 7 N–H and O–H groups in total. The number of aromatic hydroxyl groups is 1. The smallest absolute Gasteiger partial charge is 0.255 e. The third-order valence-corrected chi connectivity index (χ3v) is 8.42. The number of Topliss-reactive ketones (excluding diaryl/α,β-unsaturated/α-hetero) is 2. The largest absolute Gasteiger partial charge is 0.510 e. The zero-order chi connectivity index (χ0) is 28.4. The van der Waals surface area contributed by atoms with Gasteiger partial charge in [0.2, 0.25) is 5.78 Å². The number of phenolic OH excluding ortho intramolecular Hbond substituents is 1. The topological polar surface area (TPSA) is 203 Å². The maximum absolute atomic E-state index is 13.7. The number of hydrogen-bond donors (Lipinski definition) is 6. The van der Waals surface area contributed by atoms with E-state index in [2.05, 4.69) is 9.69 Å². The van der Waals surface area contributed by atoms with Crippen molar-refractivity contribution in [2.45, 2.75) is 31.0 Å². The molecule has 4 atom stereocenters. The first-order valence-corrected chi connectivity index (χ1v) is 12.9. The van der Waals surface area contributed by atoms with Crippen molar-refractivity contribution in [3.05, 3.63) is 68.6 Å². The number of phenols is 1. The van der Waals surface area contributed by atoms with Gasteiger partial charge in [-0.05, 0) is 61.6 Å².